The van der Waals surface area contributed by atoms with Crippen LogP contribution in [0.4, 0.5) is 17.6 Å². The number of hydrogen-bond acceptors (Lipinski definition) is 5. The SMILES string of the molecule is N#Cc1ccc(-c2ccc(-c3ccc(SC(=O)CCCCCCCCCC(=O)Sc4ccc(-c5ccc(F)c(F)c5)cc4)cc3)cc2F)cc1F. The van der Waals surface area contributed by atoms with Crippen molar-refractivity contribution in [3.63, 3.8) is 0 Å². The van der Waals surface area contributed by atoms with E-state index in [9.17, 15) is 27.2 Å². The van der Waals surface area contributed by atoms with Gasteiger partial charge in [0.2, 0.25) is 0 Å². The first kappa shape index (κ1) is 37.6. The molecular formula is C42H35F4NO2S2. The molecular weight excluding hydrogens is 691 g/mol. The number of benzene rings is 5. The summed E-state index contributed by atoms with van der Waals surface area (Å²) in [5.41, 5.74) is 3.29. The van der Waals surface area contributed by atoms with Gasteiger partial charge in [-0.05, 0) is 95.3 Å². The molecule has 0 aromatic heterocycles. The number of hydrogen-bond donors (Lipinski definition) is 0. The van der Waals surface area contributed by atoms with Crippen molar-refractivity contribution in [3.05, 3.63) is 132 Å². The van der Waals surface area contributed by atoms with E-state index in [1.165, 1.54) is 47.8 Å². The van der Waals surface area contributed by atoms with Gasteiger partial charge >= 0.3 is 0 Å². The molecule has 0 atom stereocenters. The van der Waals surface area contributed by atoms with Gasteiger partial charge in [0.05, 0.1) is 5.56 Å². The lowest BCUT2D eigenvalue weighted by atomic mass is 9.99. The van der Waals surface area contributed by atoms with Gasteiger partial charge in [-0.25, -0.2) is 17.6 Å². The van der Waals surface area contributed by atoms with E-state index < -0.39 is 23.3 Å². The predicted molar refractivity (Wildman–Crippen MR) is 197 cm³/mol. The molecule has 3 nitrogen and oxygen atoms in total. The summed E-state index contributed by atoms with van der Waals surface area (Å²) >= 11 is 2.40. The largest absolute Gasteiger partial charge is 0.287 e. The van der Waals surface area contributed by atoms with Crippen molar-refractivity contribution in [3.8, 4) is 39.4 Å². The molecule has 260 valence electrons. The quantitative estimate of drug-likeness (QED) is 0.0611. The lowest BCUT2D eigenvalue weighted by Crippen LogP contribution is -1.93. The third-order valence-electron chi connectivity index (χ3n) is 8.39. The van der Waals surface area contributed by atoms with E-state index in [1.807, 2.05) is 36.4 Å². The predicted octanol–water partition coefficient (Wildman–Crippen LogP) is 12.6. The second kappa shape index (κ2) is 18.5. The van der Waals surface area contributed by atoms with E-state index in [1.54, 1.807) is 30.3 Å². The molecule has 51 heavy (non-hydrogen) atoms. The summed E-state index contributed by atoms with van der Waals surface area (Å²) in [6, 6.07) is 28.9. The molecule has 0 spiro atoms. The Labute approximate surface area is 304 Å². The van der Waals surface area contributed by atoms with Crippen LogP contribution in [0.25, 0.3) is 33.4 Å². The maximum Gasteiger partial charge on any atom is 0.193 e. The van der Waals surface area contributed by atoms with E-state index in [0.29, 0.717) is 29.5 Å². The Morgan fingerprint density at radius 1 is 0.471 bits per heavy atom. The summed E-state index contributed by atoms with van der Waals surface area (Å²) in [5, 5.41) is 9.12. The molecule has 0 heterocycles. The summed E-state index contributed by atoms with van der Waals surface area (Å²) in [5.74, 6) is -2.97. The zero-order chi connectivity index (χ0) is 36.2. The van der Waals surface area contributed by atoms with Crippen LogP contribution in [0.15, 0.2) is 113 Å². The number of carbonyl (C=O) groups is 2. The highest BCUT2D eigenvalue weighted by Gasteiger charge is 2.12. The molecule has 0 saturated heterocycles. The van der Waals surface area contributed by atoms with Gasteiger partial charge in [-0.1, -0.05) is 104 Å². The molecule has 0 aliphatic rings. The molecule has 9 heteroatoms. The van der Waals surface area contributed by atoms with Crippen LogP contribution in [-0.4, -0.2) is 10.2 Å². The molecule has 0 bridgehead atoms. The summed E-state index contributed by atoms with van der Waals surface area (Å²) in [4.78, 5) is 26.6. The zero-order valence-corrected chi connectivity index (χ0v) is 29.4. The van der Waals surface area contributed by atoms with E-state index in [-0.39, 0.29) is 21.4 Å². The van der Waals surface area contributed by atoms with Crippen molar-refractivity contribution in [2.45, 2.75) is 67.6 Å². The lowest BCUT2D eigenvalue weighted by molar-refractivity contribution is -0.111. The Kier molecular flexibility index (Phi) is 13.7. The number of nitriles is 1. The fourth-order valence-electron chi connectivity index (χ4n) is 5.60. The fraction of sp³-hybridized carbons (Fsp3) is 0.214. The molecule has 0 amide bonds. The van der Waals surface area contributed by atoms with Crippen molar-refractivity contribution < 1.29 is 27.2 Å². The Morgan fingerprint density at radius 2 is 0.902 bits per heavy atom. The minimum absolute atomic E-state index is 0.0917. The minimum atomic E-state index is -0.892. The van der Waals surface area contributed by atoms with Crippen molar-refractivity contribution in [2.24, 2.45) is 0 Å². The van der Waals surface area contributed by atoms with Gasteiger partial charge in [-0.3, -0.25) is 9.59 Å². The molecule has 5 aromatic carbocycles. The van der Waals surface area contributed by atoms with Gasteiger partial charge in [-0.15, -0.1) is 0 Å². The van der Waals surface area contributed by atoms with Crippen molar-refractivity contribution in [1.82, 2.24) is 0 Å². The molecule has 0 N–H and O–H groups in total. The molecule has 0 saturated carbocycles. The van der Waals surface area contributed by atoms with Crippen LogP contribution in [-0.2, 0) is 9.59 Å². The maximum atomic E-state index is 14.9. The standard InChI is InChI=1S/C42H35F4NO2S2/c43-37-23-17-31(25-40(37)46)29-14-20-35(21-15-29)51-42(49)9-7-5-3-1-2-4-6-8-41(48)50-34-18-12-28(13-19-34)30-16-22-36(39(45)24-30)32-10-11-33(27-47)38(44)26-32/h10-26H,1-9H2. The third-order valence-corrected chi connectivity index (χ3v) is 10.3. The van der Waals surface area contributed by atoms with E-state index in [4.69, 9.17) is 5.26 Å². The van der Waals surface area contributed by atoms with Gasteiger partial charge in [0.15, 0.2) is 21.9 Å². The molecule has 0 radical (unpaired) electrons. The smallest absolute Gasteiger partial charge is 0.193 e. The monoisotopic (exact) mass is 725 g/mol. The first-order chi connectivity index (χ1) is 24.7. The fourth-order valence-corrected chi connectivity index (χ4v) is 7.16. The van der Waals surface area contributed by atoms with Gasteiger partial charge in [0.25, 0.3) is 0 Å². The van der Waals surface area contributed by atoms with E-state index >= 15 is 0 Å². The first-order valence-electron chi connectivity index (χ1n) is 16.8. The zero-order valence-electron chi connectivity index (χ0n) is 27.8. The Morgan fingerprint density at radius 3 is 1.37 bits per heavy atom. The molecule has 0 aliphatic carbocycles. The minimum Gasteiger partial charge on any atom is -0.287 e. The average Bonchev–Trinajstić information content (AvgIpc) is 3.12. The van der Waals surface area contributed by atoms with E-state index in [2.05, 4.69) is 0 Å². The van der Waals surface area contributed by atoms with Crippen LogP contribution in [0.1, 0.15) is 63.4 Å². The van der Waals surface area contributed by atoms with Crippen LogP contribution in [0.5, 0.6) is 0 Å². The van der Waals surface area contributed by atoms with Crippen LogP contribution in [0, 0.1) is 34.6 Å². The normalized spacial score (nSPS) is 11.0. The summed E-state index contributed by atoms with van der Waals surface area (Å²) in [7, 11) is 0. The van der Waals surface area contributed by atoms with Crippen molar-refractivity contribution in [2.75, 3.05) is 0 Å². The van der Waals surface area contributed by atoms with Gasteiger partial charge in [-0.2, -0.15) is 5.26 Å². The Bertz CT molecular complexity index is 2030. The topological polar surface area (TPSA) is 57.9 Å². The molecule has 0 fully saturated rings. The van der Waals surface area contributed by atoms with Crippen LogP contribution in [0.2, 0.25) is 0 Å². The van der Waals surface area contributed by atoms with Gasteiger partial charge < -0.3 is 0 Å². The maximum absolute atomic E-state index is 14.9. The highest BCUT2D eigenvalue weighted by Crippen LogP contribution is 2.31. The number of carbonyl (C=O) groups excluding carboxylic acids is 2. The highest BCUT2D eigenvalue weighted by molar-refractivity contribution is 8.13. The van der Waals surface area contributed by atoms with Gasteiger partial charge in [0, 0.05) is 28.2 Å². The molecule has 0 aliphatic heterocycles. The Hall–Kier alpha value is -4.65. The number of rotatable bonds is 15. The van der Waals surface area contributed by atoms with Crippen LogP contribution < -0.4 is 0 Å². The second-order valence-corrected chi connectivity index (χ2v) is 14.4. The molecule has 5 aromatic rings. The van der Waals surface area contributed by atoms with Crippen LogP contribution >= 0.6 is 23.5 Å². The second-order valence-electron chi connectivity index (χ2n) is 12.1. The highest BCUT2D eigenvalue weighted by atomic mass is 32.2. The number of halogens is 4. The average molecular weight is 726 g/mol. The Balaban J connectivity index is 0.934. The van der Waals surface area contributed by atoms with Crippen molar-refractivity contribution >= 4 is 33.8 Å². The lowest BCUT2D eigenvalue weighted by Gasteiger charge is -2.08. The number of thioether (sulfide) groups is 2. The molecule has 5 rings (SSSR count). The number of nitrogens with zero attached hydrogens (tertiary/aromatic N) is 1. The van der Waals surface area contributed by atoms with E-state index in [0.717, 1.165) is 84.1 Å². The summed E-state index contributed by atoms with van der Waals surface area (Å²) in [6.07, 6.45) is 7.70. The third kappa shape index (κ3) is 10.9. The molecule has 0 unspecified atom stereocenters. The first-order valence-corrected chi connectivity index (χ1v) is 18.4. The summed E-state index contributed by atoms with van der Waals surface area (Å²) < 4.78 is 55.7. The van der Waals surface area contributed by atoms with Gasteiger partial charge in [0.1, 0.15) is 17.7 Å². The summed E-state index contributed by atoms with van der Waals surface area (Å²) in [6.45, 7) is 0. The number of unbranched alkanes of at least 4 members (excludes halogenated alkanes) is 6. The van der Waals surface area contributed by atoms with Crippen molar-refractivity contribution in [1.29, 1.82) is 5.26 Å². The van der Waals surface area contributed by atoms with Crippen LogP contribution in [0.3, 0.4) is 0 Å².